The van der Waals surface area contributed by atoms with E-state index in [1.54, 1.807) is 6.07 Å². The smallest absolute Gasteiger partial charge is 0.256 e. The highest BCUT2D eigenvalue weighted by atomic mass is 79.9. The van der Waals surface area contributed by atoms with E-state index >= 15 is 0 Å². The van der Waals surface area contributed by atoms with Crippen LogP contribution in [0, 0.1) is 0 Å². The number of hydrogen-bond donors (Lipinski definition) is 2. The highest BCUT2D eigenvalue weighted by Gasteiger charge is 2.28. The van der Waals surface area contributed by atoms with Crippen LogP contribution in [0.4, 0.5) is 5.69 Å². The first kappa shape index (κ1) is 20.0. The van der Waals surface area contributed by atoms with Gasteiger partial charge in [0, 0.05) is 16.2 Å². The molecule has 0 spiro atoms. The Kier molecular flexibility index (Phi) is 5.47. The quantitative estimate of drug-likeness (QED) is 0.706. The van der Waals surface area contributed by atoms with Gasteiger partial charge < -0.3 is 5.32 Å². The first-order chi connectivity index (χ1) is 12.6. The summed E-state index contributed by atoms with van der Waals surface area (Å²) >= 11 is 3.34. The van der Waals surface area contributed by atoms with Crippen molar-refractivity contribution in [2.24, 2.45) is 0 Å². The van der Waals surface area contributed by atoms with E-state index in [1.807, 2.05) is 24.3 Å². The number of carbonyl (C=O) groups excluding carboxylic acids is 1. The number of nitrogens with one attached hydrogen (secondary N) is 2. The molecule has 0 aromatic heterocycles. The summed E-state index contributed by atoms with van der Waals surface area (Å²) in [6.07, 6.45) is 1.71. The van der Waals surface area contributed by atoms with Gasteiger partial charge >= 0.3 is 0 Å². The fourth-order valence-electron chi connectivity index (χ4n) is 2.59. The van der Waals surface area contributed by atoms with Gasteiger partial charge in [-0.15, -0.1) is 0 Å². The van der Waals surface area contributed by atoms with Gasteiger partial charge in [-0.2, -0.15) is 0 Å². The molecule has 1 fully saturated rings. The predicted octanol–water partition coefficient (Wildman–Crippen LogP) is 4.44. The Balaban J connectivity index is 1.81. The zero-order valence-electron chi connectivity index (χ0n) is 15.5. The fraction of sp³-hybridized carbons (Fsp3) is 0.350. The van der Waals surface area contributed by atoms with Crippen LogP contribution >= 0.6 is 15.9 Å². The molecule has 2 aromatic carbocycles. The Morgan fingerprint density at radius 1 is 1.07 bits per heavy atom. The molecule has 2 aromatic rings. The molecule has 1 aliphatic rings. The van der Waals surface area contributed by atoms with Gasteiger partial charge in [0.2, 0.25) is 10.0 Å². The average Bonchev–Trinajstić information content (AvgIpc) is 3.38. The van der Waals surface area contributed by atoms with E-state index in [9.17, 15) is 13.2 Å². The average molecular weight is 451 g/mol. The van der Waals surface area contributed by atoms with Crippen LogP contribution in [-0.4, -0.2) is 20.4 Å². The predicted molar refractivity (Wildman–Crippen MR) is 111 cm³/mol. The number of halogens is 1. The molecule has 2 N–H and O–H groups in total. The van der Waals surface area contributed by atoms with Crippen molar-refractivity contribution in [1.29, 1.82) is 0 Å². The zero-order chi connectivity index (χ0) is 19.8. The van der Waals surface area contributed by atoms with Crippen molar-refractivity contribution in [2.75, 3.05) is 5.32 Å². The van der Waals surface area contributed by atoms with Crippen LogP contribution in [0.1, 0.15) is 49.5 Å². The van der Waals surface area contributed by atoms with Gasteiger partial charge in [-0.3, -0.25) is 4.79 Å². The molecule has 7 heteroatoms. The molecule has 1 saturated carbocycles. The van der Waals surface area contributed by atoms with Crippen molar-refractivity contribution in [2.45, 2.75) is 50.0 Å². The molecule has 0 radical (unpaired) electrons. The van der Waals surface area contributed by atoms with E-state index in [0.29, 0.717) is 10.2 Å². The van der Waals surface area contributed by atoms with Crippen LogP contribution in [0.2, 0.25) is 0 Å². The minimum atomic E-state index is -3.62. The SMILES string of the molecule is CC(C)(C)c1ccc(NC(=O)c2cc(S(=O)(=O)NC3CC3)ccc2Br)cc1. The number of rotatable bonds is 5. The lowest BCUT2D eigenvalue weighted by atomic mass is 9.87. The first-order valence-corrected chi connectivity index (χ1v) is 11.1. The monoisotopic (exact) mass is 450 g/mol. The molecule has 27 heavy (non-hydrogen) atoms. The van der Waals surface area contributed by atoms with Crippen LogP contribution in [-0.2, 0) is 15.4 Å². The number of benzene rings is 2. The van der Waals surface area contributed by atoms with Gasteiger partial charge in [-0.1, -0.05) is 32.9 Å². The number of sulfonamides is 1. The summed E-state index contributed by atoms with van der Waals surface area (Å²) in [5.74, 6) is -0.367. The normalized spacial score (nSPS) is 14.8. The van der Waals surface area contributed by atoms with Gasteiger partial charge in [0.15, 0.2) is 0 Å². The molecule has 5 nitrogen and oxygen atoms in total. The highest BCUT2D eigenvalue weighted by molar-refractivity contribution is 9.10. The largest absolute Gasteiger partial charge is 0.322 e. The first-order valence-electron chi connectivity index (χ1n) is 8.80. The summed E-state index contributed by atoms with van der Waals surface area (Å²) in [7, 11) is -3.62. The van der Waals surface area contributed by atoms with Crippen molar-refractivity contribution >= 4 is 37.5 Å². The fourth-order valence-corrected chi connectivity index (χ4v) is 4.34. The second kappa shape index (κ2) is 7.37. The van der Waals surface area contributed by atoms with Crippen molar-refractivity contribution in [1.82, 2.24) is 4.72 Å². The third kappa shape index (κ3) is 4.97. The Morgan fingerprint density at radius 2 is 1.70 bits per heavy atom. The number of anilines is 1. The second-order valence-corrected chi connectivity index (χ2v) is 10.4. The standard InChI is InChI=1S/C20H23BrN2O3S/c1-20(2,3)13-4-6-14(7-5-13)22-19(24)17-12-16(10-11-18(17)21)27(25,26)23-15-8-9-15/h4-7,10-12,15,23H,8-9H2,1-3H3,(H,22,24). The van der Waals surface area contributed by atoms with Gasteiger partial charge in [0.05, 0.1) is 10.5 Å². The summed E-state index contributed by atoms with van der Waals surface area (Å²) in [5.41, 5.74) is 2.13. The minimum absolute atomic E-state index is 0.0113. The molecule has 0 bridgehead atoms. The van der Waals surface area contributed by atoms with E-state index in [4.69, 9.17) is 0 Å². The molecular weight excluding hydrogens is 428 g/mol. The van der Waals surface area contributed by atoms with E-state index in [-0.39, 0.29) is 27.8 Å². The molecular formula is C20H23BrN2O3S. The van der Waals surface area contributed by atoms with Crippen LogP contribution in [0.5, 0.6) is 0 Å². The number of amides is 1. The molecule has 0 aliphatic heterocycles. The van der Waals surface area contributed by atoms with Crippen LogP contribution in [0.25, 0.3) is 0 Å². The van der Waals surface area contributed by atoms with Crippen molar-refractivity contribution < 1.29 is 13.2 Å². The molecule has 0 heterocycles. The maximum absolute atomic E-state index is 12.7. The molecule has 144 valence electrons. The van der Waals surface area contributed by atoms with E-state index < -0.39 is 10.0 Å². The third-order valence-electron chi connectivity index (χ3n) is 4.40. The summed E-state index contributed by atoms with van der Waals surface area (Å²) in [4.78, 5) is 12.8. The number of carbonyl (C=O) groups is 1. The van der Waals surface area contributed by atoms with Crippen LogP contribution in [0.3, 0.4) is 0 Å². The van der Waals surface area contributed by atoms with Crippen LogP contribution < -0.4 is 10.0 Å². The Morgan fingerprint density at radius 3 is 2.26 bits per heavy atom. The van der Waals surface area contributed by atoms with Gasteiger partial charge in [0.25, 0.3) is 5.91 Å². The molecule has 0 saturated heterocycles. The minimum Gasteiger partial charge on any atom is -0.322 e. The Bertz CT molecular complexity index is 960. The van der Waals surface area contributed by atoms with Crippen molar-refractivity contribution in [3.63, 3.8) is 0 Å². The highest BCUT2D eigenvalue weighted by Crippen LogP contribution is 2.27. The van der Waals surface area contributed by atoms with Crippen molar-refractivity contribution in [3.05, 3.63) is 58.1 Å². The third-order valence-corrected chi connectivity index (χ3v) is 6.61. The maximum atomic E-state index is 12.7. The molecule has 1 aliphatic carbocycles. The Hall–Kier alpha value is -1.70. The lowest BCUT2D eigenvalue weighted by molar-refractivity contribution is 0.102. The number of hydrogen-bond acceptors (Lipinski definition) is 3. The molecule has 3 rings (SSSR count). The van der Waals surface area contributed by atoms with Crippen molar-refractivity contribution in [3.8, 4) is 0 Å². The van der Waals surface area contributed by atoms with Gasteiger partial charge in [-0.05, 0) is 70.1 Å². The molecule has 0 unspecified atom stereocenters. The van der Waals surface area contributed by atoms with Crippen LogP contribution in [0.15, 0.2) is 51.8 Å². The maximum Gasteiger partial charge on any atom is 0.256 e. The Labute approximate surface area is 168 Å². The lowest BCUT2D eigenvalue weighted by Gasteiger charge is -2.19. The molecule has 1 amide bonds. The van der Waals surface area contributed by atoms with Gasteiger partial charge in [0.1, 0.15) is 0 Å². The zero-order valence-corrected chi connectivity index (χ0v) is 17.9. The molecule has 0 atom stereocenters. The van der Waals surface area contributed by atoms with Gasteiger partial charge in [-0.25, -0.2) is 13.1 Å². The topological polar surface area (TPSA) is 75.3 Å². The van der Waals surface area contributed by atoms with E-state index in [2.05, 4.69) is 46.7 Å². The summed E-state index contributed by atoms with van der Waals surface area (Å²) < 4.78 is 28.0. The summed E-state index contributed by atoms with van der Waals surface area (Å²) in [5, 5.41) is 2.83. The van der Waals surface area contributed by atoms with E-state index in [0.717, 1.165) is 12.8 Å². The second-order valence-electron chi connectivity index (χ2n) is 7.82. The summed E-state index contributed by atoms with van der Waals surface area (Å²) in [6, 6.07) is 12.1. The summed E-state index contributed by atoms with van der Waals surface area (Å²) in [6.45, 7) is 6.37. The van der Waals surface area contributed by atoms with E-state index in [1.165, 1.54) is 17.7 Å². The lowest BCUT2D eigenvalue weighted by Crippen LogP contribution is -2.26.